The third-order valence-corrected chi connectivity index (χ3v) is 4.08. The van der Waals surface area contributed by atoms with Crippen molar-refractivity contribution in [2.45, 2.75) is 39.5 Å². The van der Waals surface area contributed by atoms with E-state index in [1.807, 2.05) is 6.07 Å². The first kappa shape index (κ1) is 18.1. The highest BCUT2D eigenvalue weighted by atomic mass is 16.6. The van der Waals surface area contributed by atoms with Crippen LogP contribution < -0.4 is 5.32 Å². The predicted octanol–water partition coefficient (Wildman–Crippen LogP) is 3.72. The van der Waals surface area contributed by atoms with Crippen LogP contribution in [0.25, 0.3) is 0 Å². The van der Waals surface area contributed by atoms with Crippen molar-refractivity contribution in [3.63, 3.8) is 0 Å². The summed E-state index contributed by atoms with van der Waals surface area (Å²) in [5, 5.41) is 14.2. The molecule has 2 rings (SSSR count). The van der Waals surface area contributed by atoms with Crippen molar-refractivity contribution in [3.8, 4) is 0 Å². The van der Waals surface area contributed by atoms with E-state index in [9.17, 15) is 10.1 Å². The smallest absolute Gasteiger partial charge is 0.269 e. The van der Waals surface area contributed by atoms with Gasteiger partial charge in [-0.25, -0.2) is 0 Å². The summed E-state index contributed by atoms with van der Waals surface area (Å²) >= 11 is 0. The minimum atomic E-state index is -0.363. The van der Waals surface area contributed by atoms with Crippen LogP contribution in [0.2, 0.25) is 0 Å². The number of hydrogen-bond donors (Lipinski definition) is 1. The van der Waals surface area contributed by atoms with Gasteiger partial charge < -0.3 is 5.32 Å². The third kappa shape index (κ3) is 5.44. The van der Waals surface area contributed by atoms with Gasteiger partial charge in [0.15, 0.2) is 0 Å². The maximum absolute atomic E-state index is 10.8. The molecule has 128 valence electrons. The van der Waals surface area contributed by atoms with Gasteiger partial charge in [-0.05, 0) is 37.6 Å². The van der Waals surface area contributed by atoms with Crippen molar-refractivity contribution in [1.29, 1.82) is 0 Å². The lowest BCUT2D eigenvalue weighted by molar-refractivity contribution is -0.384. The fourth-order valence-corrected chi connectivity index (χ4v) is 2.44. The molecule has 0 radical (unpaired) electrons. The van der Waals surface area contributed by atoms with E-state index in [-0.39, 0.29) is 10.6 Å². The van der Waals surface area contributed by atoms with E-state index >= 15 is 0 Å². The van der Waals surface area contributed by atoms with Crippen molar-refractivity contribution in [2.75, 3.05) is 7.05 Å². The summed E-state index contributed by atoms with van der Waals surface area (Å²) in [6, 6.07) is 15.8. The van der Waals surface area contributed by atoms with Crippen LogP contribution in [-0.2, 0) is 19.6 Å². The van der Waals surface area contributed by atoms with Gasteiger partial charge in [0.05, 0.1) is 4.92 Å². The number of nitro benzene ring substituents is 1. The highest BCUT2D eigenvalue weighted by molar-refractivity contribution is 5.34. The second-order valence-corrected chi connectivity index (χ2v) is 6.36. The zero-order valence-electron chi connectivity index (χ0n) is 14.5. The van der Waals surface area contributed by atoms with Crippen molar-refractivity contribution in [3.05, 3.63) is 75.3 Å². The van der Waals surface area contributed by atoms with Crippen LogP contribution in [0.1, 0.15) is 30.5 Å². The van der Waals surface area contributed by atoms with E-state index in [0.717, 1.165) is 18.7 Å². The lowest BCUT2D eigenvalue weighted by atomic mass is 10.1. The number of benzene rings is 2. The van der Waals surface area contributed by atoms with Gasteiger partial charge in [0.25, 0.3) is 5.69 Å². The van der Waals surface area contributed by atoms with Gasteiger partial charge in [0.2, 0.25) is 0 Å². The minimum absolute atomic E-state index is 0.132. The van der Waals surface area contributed by atoms with Gasteiger partial charge >= 0.3 is 0 Å². The summed E-state index contributed by atoms with van der Waals surface area (Å²) in [5.41, 5.74) is 3.56. The van der Waals surface area contributed by atoms with E-state index in [2.05, 4.69) is 55.4 Å². The van der Waals surface area contributed by atoms with Crippen molar-refractivity contribution < 1.29 is 4.92 Å². The van der Waals surface area contributed by atoms with Crippen LogP contribution in [0.4, 0.5) is 5.69 Å². The quantitative estimate of drug-likeness (QED) is 0.593. The zero-order chi connectivity index (χ0) is 17.5. The second-order valence-electron chi connectivity index (χ2n) is 6.36. The standard InChI is InChI=1S/C19H25N3O2/c1-15(2)21(3)14-18-8-4-6-16(10-18)12-20-13-17-7-5-9-19(11-17)22(23)24/h4-11,15,20H,12-14H2,1-3H3. The molecule has 0 unspecified atom stereocenters. The summed E-state index contributed by atoms with van der Waals surface area (Å²) in [7, 11) is 2.12. The third-order valence-electron chi connectivity index (χ3n) is 4.08. The molecular weight excluding hydrogens is 302 g/mol. The van der Waals surface area contributed by atoms with E-state index in [0.29, 0.717) is 12.6 Å². The molecule has 2 aromatic carbocycles. The van der Waals surface area contributed by atoms with Gasteiger partial charge in [-0.1, -0.05) is 36.4 Å². The minimum Gasteiger partial charge on any atom is -0.309 e. The van der Waals surface area contributed by atoms with E-state index in [4.69, 9.17) is 0 Å². The summed E-state index contributed by atoms with van der Waals surface area (Å²) < 4.78 is 0. The Morgan fingerprint density at radius 3 is 2.25 bits per heavy atom. The molecule has 0 aliphatic rings. The van der Waals surface area contributed by atoms with Crippen LogP contribution in [0.3, 0.4) is 0 Å². The first-order chi connectivity index (χ1) is 11.5. The Kier molecular flexibility index (Phi) is 6.46. The van der Waals surface area contributed by atoms with Crippen molar-refractivity contribution in [1.82, 2.24) is 10.2 Å². The van der Waals surface area contributed by atoms with Crippen molar-refractivity contribution in [2.24, 2.45) is 0 Å². The molecule has 0 heterocycles. The number of nitrogens with one attached hydrogen (secondary N) is 1. The first-order valence-corrected chi connectivity index (χ1v) is 8.18. The maximum Gasteiger partial charge on any atom is 0.269 e. The fraction of sp³-hybridized carbons (Fsp3) is 0.368. The Balaban J connectivity index is 1.90. The predicted molar refractivity (Wildman–Crippen MR) is 96.7 cm³/mol. The molecule has 2 aromatic rings. The molecule has 0 atom stereocenters. The highest BCUT2D eigenvalue weighted by Crippen LogP contribution is 2.13. The molecule has 0 aromatic heterocycles. The van der Waals surface area contributed by atoms with Gasteiger partial charge in [-0.15, -0.1) is 0 Å². The van der Waals surface area contributed by atoms with E-state index < -0.39 is 0 Å². The summed E-state index contributed by atoms with van der Waals surface area (Å²) in [5.74, 6) is 0. The lowest BCUT2D eigenvalue weighted by Crippen LogP contribution is -2.25. The molecule has 0 aliphatic carbocycles. The van der Waals surface area contributed by atoms with Crippen molar-refractivity contribution >= 4 is 5.69 Å². The largest absolute Gasteiger partial charge is 0.309 e. The normalized spacial score (nSPS) is 11.2. The average Bonchev–Trinajstić information content (AvgIpc) is 2.55. The maximum atomic E-state index is 10.8. The highest BCUT2D eigenvalue weighted by Gasteiger charge is 2.06. The Bertz CT molecular complexity index is 686. The number of nitro groups is 1. The lowest BCUT2D eigenvalue weighted by Gasteiger charge is -2.21. The molecule has 24 heavy (non-hydrogen) atoms. The van der Waals surface area contributed by atoms with Crippen LogP contribution in [0.5, 0.6) is 0 Å². The van der Waals surface area contributed by atoms with Crippen LogP contribution >= 0.6 is 0 Å². The number of non-ortho nitro benzene ring substituents is 1. The Morgan fingerprint density at radius 1 is 1.04 bits per heavy atom. The van der Waals surface area contributed by atoms with Crippen LogP contribution in [0.15, 0.2) is 48.5 Å². The molecule has 1 N–H and O–H groups in total. The Morgan fingerprint density at radius 2 is 1.62 bits per heavy atom. The molecule has 0 bridgehead atoms. The molecule has 0 saturated carbocycles. The van der Waals surface area contributed by atoms with E-state index in [1.54, 1.807) is 12.1 Å². The van der Waals surface area contributed by atoms with E-state index in [1.165, 1.54) is 17.2 Å². The topological polar surface area (TPSA) is 58.4 Å². The Hall–Kier alpha value is -2.24. The molecule has 0 saturated heterocycles. The summed E-state index contributed by atoms with van der Waals surface area (Å²) in [4.78, 5) is 12.7. The molecule has 0 fully saturated rings. The average molecular weight is 327 g/mol. The molecule has 0 aliphatic heterocycles. The van der Waals surface area contributed by atoms with Gasteiger partial charge in [-0.2, -0.15) is 0 Å². The van der Waals surface area contributed by atoms with Crippen LogP contribution in [0, 0.1) is 10.1 Å². The summed E-state index contributed by atoms with van der Waals surface area (Å²) in [6.07, 6.45) is 0. The SMILES string of the molecule is CC(C)N(C)Cc1cccc(CNCc2cccc([N+](=O)[O-])c2)c1. The number of rotatable bonds is 8. The monoisotopic (exact) mass is 327 g/mol. The first-order valence-electron chi connectivity index (χ1n) is 8.18. The number of hydrogen-bond acceptors (Lipinski definition) is 4. The molecular formula is C19H25N3O2. The second kappa shape index (κ2) is 8.57. The zero-order valence-corrected chi connectivity index (χ0v) is 14.5. The molecule has 5 heteroatoms. The molecule has 5 nitrogen and oxygen atoms in total. The van der Waals surface area contributed by atoms with Gasteiger partial charge in [0.1, 0.15) is 0 Å². The molecule has 0 amide bonds. The summed E-state index contributed by atoms with van der Waals surface area (Å²) in [6.45, 7) is 6.64. The van der Waals surface area contributed by atoms with Gasteiger partial charge in [-0.3, -0.25) is 15.0 Å². The number of nitrogens with zero attached hydrogens (tertiary/aromatic N) is 2. The fourth-order valence-electron chi connectivity index (χ4n) is 2.44. The molecule has 0 spiro atoms. The van der Waals surface area contributed by atoms with Gasteiger partial charge in [0, 0.05) is 37.8 Å². The Labute approximate surface area is 143 Å². The van der Waals surface area contributed by atoms with Crippen LogP contribution in [-0.4, -0.2) is 22.9 Å².